The molecule has 0 radical (unpaired) electrons. The van der Waals surface area contributed by atoms with E-state index in [1.165, 1.54) is 121 Å². The highest BCUT2D eigenvalue weighted by Gasteiger charge is 2.45. The minimum absolute atomic E-state index is 0. The lowest BCUT2D eigenvalue weighted by atomic mass is 10.0. The highest BCUT2D eigenvalue weighted by atomic mass is 35.5. The molecule has 1 unspecified atom stereocenters. The monoisotopic (exact) mass is 524 g/mol. The average molecular weight is 525 g/mol. The fourth-order valence-electron chi connectivity index (χ4n) is 5.39. The summed E-state index contributed by atoms with van der Waals surface area (Å²) in [5.74, 6) is 1.27. The van der Waals surface area contributed by atoms with Crippen molar-refractivity contribution in [1.82, 2.24) is 8.79 Å². The topological polar surface area (TPSA) is 29.5 Å². The molecule has 0 aromatic heterocycles. The van der Waals surface area contributed by atoms with E-state index >= 15 is 0 Å². The van der Waals surface area contributed by atoms with Crippen molar-refractivity contribution >= 4 is 23.8 Å². The van der Waals surface area contributed by atoms with E-state index in [4.69, 9.17) is 4.18 Å². The molecule has 2 heterocycles. The number of halogens is 1. The summed E-state index contributed by atoms with van der Waals surface area (Å²) in [5.41, 5.74) is 1.23. The molecule has 0 spiro atoms. The van der Waals surface area contributed by atoms with Crippen molar-refractivity contribution in [3.8, 4) is 5.75 Å². The van der Waals surface area contributed by atoms with E-state index in [-0.39, 0.29) is 12.4 Å². The molecule has 1 saturated heterocycles. The number of carbonyl (C=O) groups is 1. The van der Waals surface area contributed by atoms with Crippen LogP contribution in [0.3, 0.4) is 0 Å². The summed E-state index contributed by atoms with van der Waals surface area (Å²) in [6.45, 7) is 4.95. The molecular weight excluding hydrogens is 476 g/mol. The third-order valence-electron chi connectivity index (χ3n) is 7.52. The van der Waals surface area contributed by atoms with Crippen LogP contribution in [0.2, 0.25) is 0 Å². The number of fused-ring (bicyclic) bond motifs is 1. The molecule has 4 nitrogen and oxygen atoms in total. The third-order valence-corrected chi connectivity index (χ3v) is 8.55. The molecule has 0 bridgehead atoms. The van der Waals surface area contributed by atoms with Crippen LogP contribution in [0, 0.1) is 0 Å². The Kier molecular flexibility index (Phi) is 15.2. The van der Waals surface area contributed by atoms with Crippen molar-refractivity contribution in [2.45, 2.75) is 122 Å². The molecule has 200 valence electrons. The fraction of sp³-hybridized carbons (Fsp3) is 0.759. The van der Waals surface area contributed by atoms with Gasteiger partial charge in [-0.25, -0.2) is 0 Å². The molecule has 6 heteroatoms. The van der Waals surface area contributed by atoms with Crippen LogP contribution in [0.15, 0.2) is 24.3 Å². The highest BCUT2D eigenvalue weighted by molar-refractivity contribution is 7.94. The maximum Gasteiger partial charge on any atom is 0.321 e. The van der Waals surface area contributed by atoms with Gasteiger partial charge in [0.05, 0.1) is 6.54 Å². The van der Waals surface area contributed by atoms with E-state index in [2.05, 4.69) is 25.1 Å². The summed E-state index contributed by atoms with van der Waals surface area (Å²) in [5, 5.41) is 0. The molecule has 0 N–H and O–H groups in total. The Morgan fingerprint density at radius 1 is 0.829 bits per heavy atom. The maximum absolute atomic E-state index is 12.3. The van der Waals surface area contributed by atoms with Crippen molar-refractivity contribution in [1.29, 1.82) is 0 Å². The molecule has 35 heavy (non-hydrogen) atoms. The Labute approximate surface area is 225 Å². The quantitative estimate of drug-likeness (QED) is 0.0991. The highest BCUT2D eigenvalue weighted by Crippen LogP contribution is 2.48. The summed E-state index contributed by atoms with van der Waals surface area (Å²) >= 11 is 1.54. The van der Waals surface area contributed by atoms with E-state index < -0.39 is 0 Å². The van der Waals surface area contributed by atoms with E-state index in [1.54, 1.807) is 0 Å². The summed E-state index contributed by atoms with van der Waals surface area (Å²) in [7, 11) is 0. The zero-order valence-corrected chi connectivity index (χ0v) is 23.7. The van der Waals surface area contributed by atoms with Crippen molar-refractivity contribution in [3.05, 3.63) is 24.3 Å². The van der Waals surface area contributed by atoms with Crippen LogP contribution in [0.5, 0.6) is 5.75 Å². The summed E-state index contributed by atoms with van der Waals surface area (Å²) in [6, 6.07) is 8.37. The van der Waals surface area contributed by atoms with Crippen LogP contribution in [-0.4, -0.2) is 30.6 Å². The lowest BCUT2D eigenvalue weighted by Gasteiger charge is -2.32. The van der Waals surface area contributed by atoms with E-state index in [0.29, 0.717) is 16.2 Å². The van der Waals surface area contributed by atoms with Gasteiger partial charge in [-0.1, -0.05) is 109 Å². The Morgan fingerprint density at radius 3 is 1.91 bits per heavy atom. The number of carbonyl (C=O) groups excluding carboxylic acids is 1. The number of para-hydroxylation sites is 2. The number of rotatable bonds is 19. The molecule has 1 fully saturated rings. The van der Waals surface area contributed by atoms with Gasteiger partial charge in [0.15, 0.2) is 12.4 Å². The number of benzene rings is 1. The van der Waals surface area contributed by atoms with Gasteiger partial charge in [0.1, 0.15) is 0 Å². The predicted molar refractivity (Wildman–Crippen MR) is 147 cm³/mol. The predicted octanol–water partition coefficient (Wildman–Crippen LogP) is 5.79. The van der Waals surface area contributed by atoms with Crippen LogP contribution >= 0.6 is 12.2 Å². The van der Waals surface area contributed by atoms with Gasteiger partial charge in [0.2, 0.25) is 11.7 Å². The first kappa shape index (κ1) is 30.3. The molecule has 1 atom stereocenters. The lowest BCUT2D eigenvalue weighted by Crippen LogP contribution is -3.00. The van der Waals surface area contributed by atoms with Crippen LogP contribution in [0.1, 0.15) is 122 Å². The molecule has 1 aromatic carbocycles. The fourth-order valence-corrected chi connectivity index (χ4v) is 6.37. The van der Waals surface area contributed by atoms with E-state index in [9.17, 15) is 4.79 Å². The minimum atomic E-state index is 0. The maximum atomic E-state index is 12.3. The molecule has 3 rings (SSSR count). The van der Waals surface area contributed by atoms with Crippen LogP contribution in [0.4, 0.5) is 5.69 Å². The van der Waals surface area contributed by atoms with Gasteiger partial charge in [-0.05, 0) is 25.3 Å². The van der Waals surface area contributed by atoms with Gasteiger partial charge in [-0.15, -0.1) is 0 Å². The Bertz CT molecular complexity index is 720. The molecule has 0 saturated carbocycles. The second-order valence-electron chi connectivity index (χ2n) is 10.4. The summed E-state index contributed by atoms with van der Waals surface area (Å²) in [4.78, 5) is 14.4. The first-order chi connectivity index (χ1) is 16.7. The minimum Gasteiger partial charge on any atom is -1.00 e. The van der Waals surface area contributed by atoms with E-state index in [0.717, 1.165) is 31.9 Å². The van der Waals surface area contributed by atoms with Gasteiger partial charge >= 0.3 is 12.2 Å². The van der Waals surface area contributed by atoms with Crippen molar-refractivity contribution < 1.29 is 21.4 Å². The number of nitrogens with zero attached hydrogens (tertiary/aromatic N) is 2. The molecular formula is C29H49ClN2O2S. The average Bonchev–Trinajstić information content (AvgIpc) is 3.42. The Hall–Kier alpha value is -0.910. The number of amides is 1. The number of likely N-dealkylation sites (tertiary alicyclic amines) is 1. The standard InChI is InChI=1S/C29H49N2O2S.ClH/c1-2-3-4-5-6-7-8-9-10-11-12-13-14-15-16-19-25-31(26-30-24-20-23-29(30)32)27-21-17-18-22-28(27)33-34-31;/h17-18,21-22H,2-16,19-20,23-26H2,1H3;1H/q+1;/p-1. The van der Waals surface area contributed by atoms with E-state index in [1.807, 2.05) is 11.0 Å². The Balaban J connectivity index is 0.00000432. The van der Waals surface area contributed by atoms with Crippen molar-refractivity contribution in [2.24, 2.45) is 0 Å². The zero-order chi connectivity index (χ0) is 23.9. The SMILES string of the molecule is CCCCCCCCCCCCCCCCCC[N+]1(CN2CCCC2=O)SOc2ccccc21.[Cl-]. The first-order valence-corrected chi connectivity index (χ1v) is 15.1. The normalized spacial score (nSPS) is 19.0. The number of unbranched alkanes of at least 4 members (excludes halogenated alkanes) is 15. The summed E-state index contributed by atoms with van der Waals surface area (Å²) in [6.07, 6.45) is 23.9. The zero-order valence-electron chi connectivity index (χ0n) is 22.2. The van der Waals surface area contributed by atoms with Crippen LogP contribution in [0.25, 0.3) is 0 Å². The van der Waals surface area contributed by atoms with Crippen molar-refractivity contribution in [3.63, 3.8) is 0 Å². The molecule has 1 amide bonds. The largest absolute Gasteiger partial charge is 1.00 e. The van der Waals surface area contributed by atoms with Gasteiger partial charge in [-0.2, -0.15) is 3.89 Å². The van der Waals surface area contributed by atoms with Crippen LogP contribution < -0.4 is 20.5 Å². The van der Waals surface area contributed by atoms with Crippen LogP contribution in [-0.2, 0) is 4.79 Å². The smallest absolute Gasteiger partial charge is 0.321 e. The molecule has 0 aliphatic carbocycles. The lowest BCUT2D eigenvalue weighted by molar-refractivity contribution is -0.128. The molecule has 2 aliphatic rings. The van der Waals surface area contributed by atoms with Gasteiger partial charge in [-0.3, -0.25) is 9.69 Å². The third kappa shape index (κ3) is 10.2. The number of hydrogen-bond acceptors (Lipinski definition) is 3. The molecule has 2 aliphatic heterocycles. The first-order valence-electron chi connectivity index (χ1n) is 14.4. The number of quaternary nitrogens is 1. The second-order valence-corrected chi connectivity index (χ2v) is 11.5. The second kappa shape index (κ2) is 17.5. The Morgan fingerprint density at radius 2 is 1.37 bits per heavy atom. The summed E-state index contributed by atoms with van der Waals surface area (Å²) < 4.78 is 6.70. The van der Waals surface area contributed by atoms with Gasteiger partial charge in [0, 0.05) is 19.0 Å². The van der Waals surface area contributed by atoms with Gasteiger partial charge < -0.3 is 16.6 Å². The van der Waals surface area contributed by atoms with Gasteiger partial charge in [0.25, 0.3) is 0 Å². The number of hydrogen-bond donors (Lipinski definition) is 0. The molecule has 1 aromatic rings. The van der Waals surface area contributed by atoms with Crippen molar-refractivity contribution in [2.75, 3.05) is 19.8 Å².